The number of morpholine rings is 1. The number of aliphatic hydroxyl groups is 1. The third-order valence-electron chi connectivity index (χ3n) is 2.91. The van der Waals surface area contributed by atoms with E-state index in [0.29, 0.717) is 0 Å². The normalized spacial score (nSPS) is 39.0. The van der Waals surface area contributed by atoms with Crippen LogP contribution in [0, 0.1) is 0 Å². The second-order valence-electron chi connectivity index (χ2n) is 3.53. The minimum atomic E-state index is -0.00174. The Bertz CT molecular complexity index is 151. The number of nitrogens with zero attached hydrogens (tertiary/aromatic N) is 1. The van der Waals surface area contributed by atoms with Crippen molar-refractivity contribution in [1.82, 2.24) is 4.90 Å². The molecule has 2 heterocycles. The van der Waals surface area contributed by atoms with Gasteiger partial charge in [-0.15, -0.1) is 0 Å². The van der Waals surface area contributed by atoms with Gasteiger partial charge in [0.1, 0.15) is 0 Å². The van der Waals surface area contributed by atoms with Crippen molar-refractivity contribution in [1.29, 1.82) is 0 Å². The van der Waals surface area contributed by atoms with Crippen molar-refractivity contribution >= 4 is 0 Å². The first-order valence-electron chi connectivity index (χ1n) is 4.31. The van der Waals surface area contributed by atoms with Gasteiger partial charge in [-0.05, 0) is 19.4 Å². The maximum Gasteiger partial charge on any atom is 0.0677 e. The Morgan fingerprint density at radius 3 is 3.09 bits per heavy atom. The maximum absolute atomic E-state index is 9.23. The fourth-order valence-electron chi connectivity index (χ4n) is 2.17. The second-order valence-corrected chi connectivity index (χ2v) is 3.53. The molecule has 0 aromatic carbocycles. The molecule has 11 heavy (non-hydrogen) atoms. The Morgan fingerprint density at radius 1 is 1.45 bits per heavy atom. The van der Waals surface area contributed by atoms with Gasteiger partial charge in [-0.3, -0.25) is 4.90 Å². The number of hydrogen-bond acceptors (Lipinski definition) is 3. The fourth-order valence-corrected chi connectivity index (χ4v) is 2.17. The van der Waals surface area contributed by atoms with Gasteiger partial charge in [0.2, 0.25) is 0 Å². The molecule has 2 aliphatic rings. The summed E-state index contributed by atoms with van der Waals surface area (Å²) >= 11 is 0. The van der Waals surface area contributed by atoms with E-state index in [1.165, 1.54) is 6.42 Å². The molecule has 0 saturated carbocycles. The lowest BCUT2D eigenvalue weighted by Crippen LogP contribution is -2.55. The molecule has 3 heteroatoms. The van der Waals surface area contributed by atoms with E-state index in [1.54, 1.807) is 0 Å². The van der Waals surface area contributed by atoms with Crippen molar-refractivity contribution in [2.45, 2.75) is 18.4 Å². The predicted octanol–water partition coefficient (Wildman–Crippen LogP) is -0.157. The van der Waals surface area contributed by atoms with E-state index in [9.17, 15) is 5.11 Å². The summed E-state index contributed by atoms with van der Waals surface area (Å²) in [7, 11) is 0. The molecule has 0 aliphatic carbocycles. The van der Waals surface area contributed by atoms with Crippen LogP contribution in [0.3, 0.4) is 0 Å². The molecule has 0 radical (unpaired) electrons. The zero-order valence-corrected chi connectivity index (χ0v) is 6.75. The largest absolute Gasteiger partial charge is 0.394 e. The minimum Gasteiger partial charge on any atom is -0.394 e. The van der Waals surface area contributed by atoms with Crippen LogP contribution in [-0.4, -0.2) is 48.5 Å². The summed E-state index contributed by atoms with van der Waals surface area (Å²) in [6.07, 6.45) is 2.31. The smallest absolute Gasteiger partial charge is 0.0677 e. The molecule has 2 fully saturated rings. The Hall–Kier alpha value is -0.120. The standard InChI is InChI=1S/C8H15NO2/c10-6-8-2-1-3-9(8)4-5-11-7-8/h10H,1-7H2. The SMILES string of the molecule is OCC12CCCN1CCOC2. The molecule has 3 nitrogen and oxygen atoms in total. The van der Waals surface area contributed by atoms with Gasteiger partial charge in [0.15, 0.2) is 0 Å². The van der Waals surface area contributed by atoms with Gasteiger partial charge < -0.3 is 9.84 Å². The van der Waals surface area contributed by atoms with E-state index in [-0.39, 0.29) is 12.1 Å². The van der Waals surface area contributed by atoms with Crippen molar-refractivity contribution in [3.05, 3.63) is 0 Å². The molecule has 2 rings (SSSR count). The molecule has 2 saturated heterocycles. The lowest BCUT2D eigenvalue weighted by atomic mass is 9.97. The molecule has 0 aromatic heterocycles. The summed E-state index contributed by atoms with van der Waals surface area (Å²) in [6, 6.07) is 0. The highest BCUT2D eigenvalue weighted by atomic mass is 16.5. The van der Waals surface area contributed by atoms with Crippen LogP contribution in [-0.2, 0) is 4.74 Å². The monoisotopic (exact) mass is 157 g/mol. The molecule has 0 bridgehead atoms. The van der Waals surface area contributed by atoms with Crippen LogP contribution >= 0.6 is 0 Å². The molecule has 0 amide bonds. The van der Waals surface area contributed by atoms with Gasteiger partial charge in [0.25, 0.3) is 0 Å². The summed E-state index contributed by atoms with van der Waals surface area (Å²) < 4.78 is 5.38. The maximum atomic E-state index is 9.23. The highest BCUT2D eigenvalue weighted by Crippen LogP contribution is 2.31. The molecular weight excluding hydrogens is 142 g/mol. The highest BCUT2D eigenvalue weighted by Gasteiger charge is 2.42. The Balaban J connectivity index is 2.12. The van der Waals surface area contributed by atoms with E-state index in [0.717, 1.165) is 32.7 Å². The van der Waals surface area contributed by atoms with Crippen LogP contribution in [0.25, 0.3) is 0 Å². The number of hydrogen-bond donors (Lipinski definition) is 1. The van der Waals surface area contributed by atoms with Crippen molar-refractivity contribution in [3.63, 3.8) is 0 Å². The van der Waals surface area contributed by atoms with Crippen molar-refractivity contribution < 1.29 is 9.84 Å². The average molecular weight is 157 g/mol. The van der Waals surface area contributed by atoms with E-state index in [2.05, 4.69) is 4.90 Å². The van der Waals surface area contributed by atoms with Crippen molar-refractivity contribution in [3.8, 4) is 0 Å². The minimum absolute atomic E-state index is 0.00174. The quantitative estimate of drug-likeness (QED) is 0.574. The summed E-state index contributed by atoms with van der Waals surface area (Å²) in [5.74, 6) is 0. The molecule has 0 spiro atoms. The summed E-state index contributed by atoms with van der Waals surface area (Å²) in [5.41, 5.74) is -0.00174. The average Bonchev–Trinajstić information content (AvgIpc) is 2.48. The molecule has 2 aliphatic heterocycles. The van der Waals surface area contributed by atoms with Crippen molar-refractivity contribution in [2.24, 2.45) is 0 Å². The molecule has 0 aromatic rings. The molecule has 1 N–H and O–H groups in total. The third kappa shape index (κ3) is 1.08. The molecular formula is C8H15NO2. The first-order chi connectivity index (χ1) is 5.37. The van der Waals surface area contributed by atoms with Crippen LogP contribution in [0.1, 0.15) is 12.8 Å². The number of fused-ring (bicyclic) bond motifs is 1. The fraction of sp³-hybridized carbons (Fsp3) is 1.00. The van der Waals surface area contributed by atoms with Gasteiger partial charge in [-0.25, -0.2) is 0 Å². The highest BCUT2D eigenvalue weighted by molar-refractivity contribution is 4.97. The van der Waals surface area contributed by atoms with Gasteiger partial charge in [0, 0.05) is 6.54 Å². The Kier molecular flexibility index (Phi) is 1.87. The summed E-state index contributed by atoms with van der Waals surface area (Å²) in [6.45, 7) is 3.96. The predicted molar refractivity (Wildman–Crippen MR) is 41.4 cm³/mol. The molecule has 1 atom stereocenters. The third-order valence-corrected chi connectivity index (χ3v) is 2.91. The van der Waals surface area contributed by atoms with E-state index in [4.69, 9.17) is 4.74 Å². The van der Waals surface area contributed by atoms with Crippen molar-refractivity contribution in [2.75, 3.05) is 32.9 Å². The second kappa shape index (κ2) is 2.73. The number of aliphatic hydroxyl groups excluding tert-OH is 1. The lowest BCUT2D eigenvalue weighted by Gasteiger charge is -2.40. The van der Waals surface area contributed by atoms with Crippen LogP contribution in [0.4, 0.5) is 0 Å². The van der Waals surface area contributed by atoms with Gasteiger partial charge in [-0.2, -0.15) is 0 Å². The van der Waals surface area contributed by atoms with Crippen LogP contribution in [0.5, 0.6) is 0 Å². The zero-order valence-electron chi connectivity index (χ0n) is 6.75. The van der Waals surface area contributed by atoms with Crippen LogP contribution in [0.2, 0.25) is 0 Å². The molecule has 64 valence electrons. The van der Waals surface area contributed by atoms with Crippen LogP contribution < -0.4 is 0 Å². The van der Waals surface area contributed by atoms with Gasteiger partial charge >= 0.3 is 0 Å². The topological polar surface area (TPSA) is 32.7 Å². The first-order valence-corrected chi connectivity index (χ1v) is 4.31. The number of rotatable bonds is 1. The van der Waals surface area contributed by atoms with E-state index in [1.807, 2.05) is 0 Å². The Labute approximate surface area is 66.9 Å². The van der Waals surface area contributed by atoms with Crippen LogP contribution in [0.15, 0.2) is 0 Å². The van der Waals surface area contributed by atoms with E-state index >= 15 is 0 Å². The van der Waals surface area contributed by atoms with E-state index < -0.39 is 0 Å². The molecule has 1 unspecified atom stereocenters. The Morgan fingerprint density at radius 2 is 2.36 bits per heavy atom. The number of ether oxygens (including phenoxy) is 1. The van der Waals surface area contributed by atoms with Gasteiger partial charge in [0.05, 0.1) is 25.4 Å². The first kappa shape index (κ1) is 7.53. The summed E-state index contributed by atoms with van der Waals surface area (Å²) in [4.78, 5) is 2.37. The zero-order chi connectivity index (χ0) is 7.73. The lowest BCUT2D eigenvalue weighted by molar-refractivity contribution is -0.0699. The summed E-state index contributed by atoms with van der Waals surface area (Å²) in [5, 5.41) is 9.23. The van der Waals surface area contributed by atoms with Gasteiger partial charge in [-0.1, -0.05) is 0 Å².